The van der Waals surface area contributed by atoms with Crippen LogP contribution in [0.1, 0.15) is 19.0 Å². The average molecular weight is 362 g/mol. The molecule has 0 unspecified atom stereocenters. The van der Waals surface area contributed by atoms with Crippen molar-refractivity contribution in [2.75, 3.05) is 5.73 Å². The number of nitrogen functional groups attached to an aromatic ring is 1. The number of aryl methyl sites for hydroxylation is 1. The molecule has 2 heterocycles. The Hall–Kier alpha value is -0.910. The van der Waals surface area contributed by atoms with Gasteiger partial charge in [0.15, 0.2) is 5.82 Å². The molecule has 0 aliphatic heterocycles. The molecule has 0 aliphatic carbocycles. The molecule has 2 N–H and O–H groups in total. The zero-order valence-electron chi connectivity index (χ0n) is 10.1. The van der Waals surface area contributed by atoms with E-state index in [1.54, 1.807) is 6.07 Å². The second-order valence-corrected chi connectivity index (χ2v) is 5.56. The van der Waals surface area contributed by atoms with Crippen LogP contribution in [0.2, 0.25) is 10.0 Å². The van der Waals surface area contributed by atoms with Gasteiger partial charge in [0.2, 0.25) is 0 Å². The number of nitrogens with two attached hydrogens (primary N) is 1. The van der Waals surface area contributed by atoms with Crippen LogP contribution in [0.25, 0.3) is 11.5 Å². The van der Waals surface area contributed by atoms with Crippen molar-refractivity contribution in [2.24, 2.45) is 0 Å². The SMILES string of the molecule is CCCc1nc(-c2ncc(Cl)cc2Cl)nc(N)c1Br. The molecule has 0 amide bonds. The summed E-state index contributed by atoms with van der Waals surface area (Å²) in [6.07, 6.45) is 3.26. The minimum absolute atomic E-state index is 0.376. The summed E-state index contributed by atoms with van der Waals surface area (Å²) in [6.45, 7) is 2.07. The Balaban J connectivity index is 2.56. The lowest BCUT2D eigenvalue weighted by molar-refractivity contribution is 0.868. The molecule has 2 aromatic heterocycles. The first-order valence-corrected chi connectivity index (χ1v) is 7.21. The molecule has 0 fully saturated rings. The van der Waals surface area contributed by atoms with Crippen LogP contribution in [0.5, 0.6) is 0 Å². The minimum atomic E-state index is 0.376. The lowest BCUT2D eigenvalue weighted by atomic mass is 10.2. The molecule has 4 nitrogen and oxygen atoms in total. The summed E-state index contributed by atoms with van der Waals surface area (Å²) in [5.41, 5.74) is 7.19. The number of pyridine rings is 1. The quantitative estimate of drug-likeness (QED) is 0.891. The number of aromatic nitrogens is 3. The Labute approximate surface area is 129 Å². The molecular weight excluding hydrogens is 351 g/mol. The molecule has 19 heavy (non-hydrogen) atoms. The Kier molecular flexibility index (Phi) is 4.60. The van der Waals surface area contributed by atoms with E-state index in [0.717, 1.165) is 23.0 Å². The molecule has 0 atom stereocenters. The van der Waals surface area contributed by atoms with Crippen LogP contribution < -0.4 is 5.73 Å². The van der Waals surface area contributed by atoms with E-state index in [9.17, 15) is 0 Å². The normalized spacial score (nSPS) is 10.7. The monoisotopic (exact) mass is 360 g/mol. The van der Waals surface area contributed by atoms with Gasteiger partial charge in [-0.25, -0.2) is 15.0 Å². The van der Waals surface area contributed by atoms with Gasteiger partial charge in [0, 0.05) is 6.20 Å². The predicted molar refractivity (Wildman–Crippen MR) is 81.4 cm³/mol. The minimum Gasteiger partial charge on any atom is -0.383 e. The van der Waals surface area contributed by atoms with Crippen LogP contribution in [0.15, 0.2) is 16.7 Å². The fourth-order valence-electron chi connectivity index (χ4n) is 1.60. The van der Waals surface area contributed by atoms with Gasteiger partial charge < -0.3 is 5.73 Å². The molecule has 0 aromatic carbocycles. The van der Waals surface area contributed by atoms with Gasteiger partial charge in [0.1, 0.15) is 11.5 Å². The average Bonchev–Trinajstić information content (AvgIpc) is 2.35. The standard InChI is InChI=1S/C12H11BrCl2N4/c1-2-3-8-9(13)11(16)19-12(18-8)10-7(15)4-6(14)5-17-10/h4-5H,2-3H2,1H3,(H2,16,18,19). The van der Waals surface area contributed by atoms with E-state index in [1.165, 1.54) is 6.20 Å². The number of anilines is 1. The molecule has 0 spiro atoms. The van der Waals surface area contributed by atoms with Crippen LogP contribution in [-0.2, 0) is 6.42 Å². The van der Waals surface area contributed by atoms with Gasteiger partial charge in [-0.05, 0) is 28.4 Å². The Morgan fingerprint density at radius 2 is 2.05 bits per heavy atom. The van der Waals surface area contributed by atoms with Crippen molar-refractivity contribution in [1.29, 1.82) is 0 Å². The fourth-order valence-corrected chi connectivity index (χ4v) is 2.44. The van der Waals surface area contributed by atoms with E-state index in [0.29, 0.717) is 27.4 Å². The Morgan fingerprint density at radius 1 is 1.32 bits per heavy atom. The van der Waals surface area contributed by atoms with Crippen LogP contribution >= 0.6 is 39.1 Å². The number of halogens is 3. The van der Waals surface area contributed by atoms with Crippen molar-refractivity contribution >= 4 is 44.9 Å². The maximum atomic E-state index is 6.11. The van der Waals surface area contributed by atoms with Crippen molar-refractivity contribution in [3.63, 3.8) is 0 Å². The van der Waals surface area contributed by atoms with Crippen molar-refractivity contribution in [3.05, 3.63) is 32.5 Å². The molecule has 100 valence electrons. The van der Waals surface area contributed by atoms with Crippen molar-refractivity contribution < 1.29 is 0 Å². The number of hydrogen-bond donors (Lipinski definition) is 1. The predicted octanol–water partition coefficient (Wildman–Crippen LogP) is 4.14. The van der Waals surface area contributed by atoms with Crippen molar-refractivity contribution in [1.82, 2.24) is 15.0 Å². The lowest BCUT2D eigenvalue weighted by Crippen LogP contribution is -2.04. The van der Waals surface area contributed by atoms with Gasteiger partial charge in [0.25, 0.3) is 0 Å². The largest absolute Gasteiger partial charge is 0.383 e. The number of nitrogens with zero attached hydrogens (tertiary/aromatic N) is 3. The van der Waals surface area contributed by atoms with E-state index in [1.807, 2.05) is 0 Å². The highest BCUT2D eigenvalue weighted by molar-refractivity contribution is 9.10. The van der Waals surface area contributed by atoms with E-state index in [-0.39, 0.29) is 0 Å². The van der Waals surface area contributed by atoms with Gasteiger partial charge in [-0.15, -0.1) is 0 Å². The third-order valence-electron chi connectivity index (χ3n) is 2.45. The van der Waals surface area contributed by atoms with E-state index in [4.69, 9.17) is 28.9 Å². The first kappa shape index (κ1) is 14.5. The summed E-state index contributed by atoms with van der Waals surface area (Å²) < 4.78 is 0.725. The Morgan fingerprint density at radius 3 is 2.68 bits per heavy atom. The van der Waals surface area contributed by atoms with Crippen LogP contribution in [0, 0.1) is 0 Å². The lowest BCUT2D eigenvalue weighted by Gasteiger charge is -2.09. The molecule has 7 heteroatoms. The summed E-state index contributed by atoms with van der Waals surface area (Å²) in [6, 6.07) is 1.60. The molecular formula is C12H11BrCl2N4. The summed E-state index contributed by atoms with van der Waals surface area (Å²) in [5, 5.41) is 0.865. The first-order chi connectivity index (χ1) is 9.02. The molecule has 0 aliphatic rings. The highest BCUT2D eigenvalue weighted by Crippen LogP contribution is 2.29. The maximum absolute atomic E-state index is 6.11. The zero-order valence-corrected chi connectivity index (χ0v) is 13.2. The van der Waals surface area contributed by atoms with Crippen molar-refractivity contribution in [3.8, 4) is 11.5 Å². The highest BCUT2D eigenvalue weighted by Gasteiger charge is 2.14. The molecule has 0 radical (unpaired) electrons. The molecule has 0 saturated carbocycles. The second-order valence-electron chi connectivity index (χ2n) is 3.93. The van der Waals surface area contributed by atoms with Crippen LogP contribution in [0.4, 0.5) is 5.82 Å². The van der Waals surface area contributed by atoms with Crippen LogP contribution in [0.3, 0.4) is 0 Å². The van der Waals surface area contributed by atoms with E-state index < -0.39 is 0 Å². The molecule has 0 saturated heterocycles. The molecule has 0 bridgehead atoms. The van der Waals surface area contributed by atoms with Crippen molar-refractivity contribution in [2.45, 2.75) is 19.8 Å². The third kappa shape index (κ3) is 3.16. The van der Waals surface area contributed by atoms with Gasteiger partial charge in [-0.1, -0.05) is 36.5 Å². The van der Waals surface area contributed by atoms with Gasteiger partial charge >= 0.3 is 0 Å². The smallest absolute Gasteiger partial charge is 0.182 e. The number of hydrogen-bond acceptors (Lipinski definition) is 4. The summed E-state index contributed by atoms with van der Waals surface area (Å²) in [7, 11) is 0. The summed E-state index contributed by atoms with van der Waals surface area (Å²) >= 11 is 15.3. The highest BCUT2D eigenvalue weighted by atomic mass is 79.9. The number of rotatable bonds is 3. The van der Waals surface area contributed by atoms with Gasteiger partial charge in [0.05, 0.1) is 20.2 Å². The third-order valence-corrected chi connectivity index (χ3v) is 3.81. The second kappa shape index (κ2) is 6.03. The van der Waals surface area contributed by atoms with Gasteiger partial charge in [-0.3, -0.25) is 0 Å². The first-order valence-electron chi connectivity index (χ1n) is 5.66. The molecule has 2 aromatic rings. The maximum Gasteiger partial charge on any atom is 0.182 e. The topological polar surface area (TPSA) is 64.7 Å². The summed E-state index contributed by atoms with van der Waals surface area (Å²) in [5.74, 6) is 0.784. The zero-order chi connectivity index (χ0) is 14.0. The van der Waals surface area contributed by atoms with Gasteiger partial charge in [-0.2, -0.15) is 0 Å². The Bertz CT molecular complexity index is 619. The van der Waals surface area contributed by atoms with E-state index in [2.05, 4.69) is 37.8 Å². The van der Waals surface area contributed by atoms with E-state index >= 15 is 0 Å². The fraction of sp³-hybridized carbons (Fsp3) is 0.250. The van der Waals surface area contributed by atoms with Crippen LogP contribution in [-0.4, -0.2) is 15.0 Å². The summed E-state index contributed by atoms with van der Waals surface area (Å²) in [4.78, 5) is 12.8. The molecule has 2 rings (SSSR count).